The van der Waals surface area contributed by atoms with Gasteiger partial charge in [-0.3, -0.25) is 9.11 Å². The largest absolute Gasteiger partial charge is 0.299 e. The molecule has 5 heteroatoms. The van der Waals surface area contributed by atoms with Gasteiger partial charge in [-0.05, 0) is 10.8 Å². The predicted molar refractivity (Wildman–Crippen MR) is 55.3 cm³/mol. The van der Waals surface area contributed by atoms with E-state index in [-0.39, 0.29) is 0 Å². The second kappa shape index (κ2) is 9.34. The second-order valence-electron chi connectivity index (χ2n) is 1.79. The van der Waals surface area contributed by atoms with Gasteiger partial charge in [0, 0.05) is 0 Å². The van der Waals surface area contributed by atoms with Crippen LogP contribution in [0.3, 0.4) is 0 Å². The Kier molecular flexibility index (Phi) is 8.80. The first-order chi connectivity index (χ1) is 6.23. The Morgan fingerprint density at radius 3 is 1.54 bits per heavy atom. The lowest BCUT2D eigenvalue weighted by Crippen LogP contribution is -1.74. The summed E-state index contributed by atoms with van der Waals surface area (Å²) in [6.07, 6.45) is 0. The Labute approximate surface area is 83.5 Å². The van der Waals surface area contributed by atoms with Crippen molar-refractivity contribution in [3.05, 3.63) is 47.2 Å². The van der Waals surface area contributed by atoms with Crippen molar-refractivity contribution in [2.24, 2.45) is 0 Å². The minimum atomic E-state index is -2.61. The van der Waals surface area contributed by atoms with Crippen LogP contribution in [-0.4, -0.2) is 13.3 Å². The highest BCUT2D eigenvalue weighted by Gasteiger charge is 1.62. The van der Waals surface area contributed by atoms with Crippen LogP contribution in [0.15, 0.2) is 47.2 Å². The van der Waals surface area contributed by atoms with Crippen LogP contribution in [0.2, 0.25) is 0 Å². The van der Waals surface area contributed by atoms with E-state index in [1.165, 1.54) is 0 Å². The molecule has 0 radical (unpaired) electrons. The van der Waals surface area contributed by atoms with Gasteiger partial charge < -0.3 is 0 Å². The molecule has 3 nitrogen and oxygen atoms in total. The predicted octanol–water partition coefficient (Wildman–Crippen LogP) is 2.55. The summed E-state index contributed by atoms with van der Waals surface area (Å²) in [6, 6.07) is 12.1. The van der Waals surface area contributed by atoms with Crippen molar-refractivity contribution in [2.75, 3.05) is 0 Å². The van der Waals surface area contributed by atoms with Crippen LogP contribution < -0.4 is 0 Å². The van der Waals surface area contributed by atoms with Gasteiger partial charge in [-0.15, -0.1) is 0 Å². The molecule has 0 atom stereocenters. The monoisotopic (exact) mass is 218 g/mol. The SMILES string of the molecule is O=S(O)O.c1ccccsccc1. The zero-order valence-electron chi connectivity index (χ0n) is 6.74. The topological polar surface area (TPSA) is 57.5 Å². The van der Waals surface area contributed by atoms with Gasteiger partial charge in [0.05, 0.1) is 0 Å². The third kappa shape index (κ3) is 14.1. The molecule has 0 aliphatic heterocycles. The molecule has 0 unspecified atom stereocenters. The van der Waals surface area contributed by atoms with E-state index in [9.17, 15) is 0 Å². The quantitative estimate of drug-likeness (QED) is 0.658. The molecule has 0 aliphatic rings. The summed E-state index contributed by atoms with van der Waals surface area (Å²) in [5, 5.41) is 4.08. The van der Waals surface area contributed by atoms with Crippen molar-refractivity contribution in [1.29, 1.82) is 0 Å². The van der Waals surface area contributed by atoms with Gasteiger partial charge in [0.15, 0.2) is 0 Å². The molecule has 0 spiro atoms. The van der Waals surface area contributed by atoms with E-state index in [0.717, 1.165) is 0 Å². The molecule has 13 heavy (non-hydrogen) atoms. The van der Waals surface area contributed by atoms with Crippen molar-refractivity contribution < 1.29 is 13.3 Å². The highest BCUT2D eigenvalue weighted by atomic mass is 32.2. The molecular weight excluding hydrogens is 208 g/mol. The molecule has 0 saturated carbocycles. The van der Waals surface area contributed by atoms with Gasteiger partial charge in [-0.2, -0.15) is 15.5 Å². The average molecular weight is 218 g/mol. The van der Waals surface area contributed by atoms with Crippen molar-refractivity contribution in [1.82, 2.24) is 0 Å². The van der Waals surface area contributed by atoms with Crippen LogP contribution in [0.5, 0.6) is 0 Å². The Hall–Kier alpha value is -0.750. The third-order valence-electron chi connectivity index (χ3n) is 0.870. The maximum Gasteiger partial charge on any atom is 0.299 e. The molecule has 0 saturated heterocycles. The summed E-state index contributed by atoms with van der Waals surface area (Å²) < 4.78 is 22.8. The summed E-state index contributed by atoms with van der Waals surface area (Å²) >= 11 is -0.932. The first kappa shape index (κ1) is 12.2. The van der Waals surface area contributed by atoms with Gasteiger partial charge in [0.1, 0.15) is 0 Å². The fourth-order valence-corrected chi connectivity index (χ4v) is 0.937. The lowest BCUT2D eigenvalue weighted by molar-refractivity contribution is 0.454. The molecule has 0 fully saturated rings. The Morgan fingerprint density at radius 2 is 1.15 bits per heavy atom. The smallest absolute Gasteiger partial charge is 0.284 e. The lowest BCUT2D eigenvalue weighted by atomic mass is 10.5. The molecule has 0 aliphatic carbocycles. The minimum Gasteiger partial charge on any atom is -0.284 e. The number of hydrogen-bond acceptors (Lipinski definition) is 2. The molecule has 1 rings (SSSR count). The highest BCUT2D eigenvalue weighted by molar-refractivity contribution is 7.73. The maximum absolute atomic E-state index is 8.67. The zero-order valence-corrected chi connectivity index (χ0v) is 8.37. The Bertz CT molecular complexity index is 205. The van der Waals surface area contributed by atoms with Crippen LogP contribution in [0.1, 0.15) is 0 Å². The molecular formula is C8H10O3S2. The van der Waals surface area contributed by atoms with E-state index in [2.05, 4.69) is 0 Å². The van der Waals surface area contributed by atoms with E-state index >= 15 is 0 Å². The summed E-state index contributed by atoms with van der Waals surface area (Å²) in [5.41, 5.74) is 0. The summed E-state index contributed by atoms with van der Waals surface area (Å²) in [5.74, 6) is 0. The standard InChI is InChI=1S/C8H8S.H2O3S/c1-2-4-6-8-9-7-5-3-1;1-4(2)3/h1-8H;(H2,1,2,3). The minimum absolute atomic E-state index is 1.68. The van der Waals surface area contributed by atoms with E-state index in [4.69, 9.17) is 13.3 Å². The number of rotatable bonds is 0. The van der Waals surface area contributed by atoms with Crippen LogP contribution in [0.25, 0.3) is 0 Å². The Morgan fingerprint density at radius 1 is 0.846 bits per heavy atom. The molecule has 0 aromatic carbocycles. The normalized spacial score (nSPS) is 8.23. The fourth-order valence-electron chi connectivity index (χ4n) is 0.483. The highest BCUT2D eigenvalue weighted by Crippen LogP contribution is 1.88. The van der Waals surface area contributed by atoms with E-state index < -0.39 is 11.4 Å². The summed E-state index contributed by atoms with van der Waals surface area (Å²) in [7, 11) is 0. The van der Waals surface area contributed by atoms with Crippen molar-refractivity contribution in [3.63, 3.8) is 0 Å². The summed E-state index contributed by atoms with van der Waals surface area (Å²) in [6.45, 7) is 0. The van der Waals surface area contributed by atoms with Crippen molar-refractivity contribution in [2.45, 2.75) is 0 Å². The maximum atomic E-state index is 8.67. The Balaban J connectivity index is 0.000000310. The fraction of sp³-hybridized carbons (Fsp3) is 0. The molecule has 0 bridgehead atoms. The molecule has 72 valence electrons. The van der Waals surface area contributed by atoms with Crippen molar-refractivity contribution >= 4 is 22.7 Å². The first-order valence-electron chi connectivity index (χ1n) is 3.34. The van der Waals surface area contributed by atoms with Crippen molar-refractivity contribution in [3.8, 4) is 0 Å². The average Bonchev–Trinajstić information content (AvgIpc) is 2.16. The number of hydrogen-bond donors (Lipinski definition) is 2. The molecule has 0 amide bonds. The van der Waals surface area contributed by atoms with E-state index in [0.29, 0.717) is 0 Å². The van der Waals surface area contributed by atoms with Gasteiger partial charge in [-0.25, -0.2) is 0 Å². The van der Waals surface area contributed by atoms with Gasteiger partial charge >= 0.3 is 0 Å². The second-order valence-corrected chi connectivity index (χ2v) is 3.07. The molecule has 1 aromatic rings. The van der Waals surface area contributed by atoms with Gasteiger partial charge in [0.2, 0.25) is 0 Å². The van der Waals surface area contributed by atoms with Gasteiger partial charge in [0.25, 0.3) is 11.4 Å². The lowest BCUT2D eigenvalue weighted by Gasteiger charge is -1.59. The summed E-state index contributed by atoms with van der Waals surface area (Å²) in [4.78, 5) is 0. The molecule has 2 N–H and O–H groups in total. The van der Waals surface area contributed by atoms with Gasteiger partial charge in [-0.1, -0.05) is 36.4 Å². The van der Waals surface area contributed by atoms with E-state index in [1.54, 1.807) is 11.3 Å². The van der Waals surface area contributed by atoms with Crippen LogP contribution >= 0.6 is 11.3 Å². The zero-order chi connectivity index (χ0) is 9.94. The van der Waals surface area contributed by atoms with Crippen LogP contribution in [0, 0.1) is 0 Å². The molecule has 1 aromatic heterocycles. The third-order valence-corrected chi connectivity index (χ3v) is 1.50. The van der Waals surface area contributed by atoms with Crippen LogP contribution in [0.4, 0.5) is 0 Å². The van der Waals surface area contributed by atoms with E-state index in [1.807, 2.05) is 47.2 Å². The molecule has 1 heterocycles. The first-order valence-corrected chi connectivity index (χ1v) is 5.34. The van der Waals surface area contributed by atoms with Crippen LogP contribution in [-0.2, 0) is 11.4 Å².